The zero-order chi connectivity index (χ0) is 13.8. The summed E-state index contributed by atoms with van der Waals surface area (Å²) < 4.78 is 0. The standard InChI is InChI=1S/C19H13N/c20-14-19(16-6-2-1-3-7-16)13-15-10-11-17-8-4-5-9-18(17)12-15/h1-13H/b19-13-. The molecule has 3 aromatic rings. The second-order valence-electron chi connectivity index (χ2n) is 4.64. The highest BCUT2D eigenvalue weighted by molar-refractivity contribution is 5.92. The van der Waals surface area contributed by atoms with Gasteiger partial charge >= 0.3 is 0 Å². The first-order chi connectivity index (χ1) is 9.86. The summed E-state index contributed by atoms with van der Waals surface area (Å²) in [6.45, 7) is 0. The van der Waals surface area contributed by atoms with Gasteiger partial charge in [-0.15, -0.1) is 0 Å². The third kappa shape index (κ3) is 2.46. The first-order valence-electron chi connectivity index (χ1n) is 6.53. The number of allylic oxidation sites excluding steroid dienone is 1. The topological polar surface area (TPSA) is 23.8 Å². The fourth-order valence-corrected chi connectivity index (χ4v) is 2.26. The highest BCUT2D eigenvalue weighted by Crippen LogP contribution is 2.21. The fourth-order valence-electron chi connectivity index (χ4n) is 2.26. The van der Waals surface area contributed by atoms with Crippen LogP contribution in [0, 0.1) is 11.3 Å². The van der Waals surface area contributed by atoms with E-state index in [4.69, 9.17) is 0 Å². The van der Waals surface area contributed by atoms with Crippen molar-refractivity contribution in [3.8, 4) is 6.07 Å². The van der Waals surface area contributed by atoms with E-state index in [0.717, 1.165) is 11.1 Å². The highest BCUT2D eigenvalue weighted by Gasteiger charge is 2.00. The summed E-state index contributed by atoms with van der Waals surface area (Å²) in [7, 11) is 0. The molecule has 3 aromatic carbocycles. The number of hydrogen-bond acceptors (Lipinski definition) is 1. The van der Waals surface area contributed by atoms with Crippen molar-refractivity contribution in [2.24, 2.45) is 0 Å². The lowest BCUT2D eigenvalue weighted by Crippen LogP contribution is -1.81. The zero-order valence-corrected chi connectivity index (χ0v) is 11.0. The minimum Gasteiger partial charge on any atom is -0.192 e. The quantitative estimate of drug-likeness (QED) is 0.471. The van der Waals surface area contributed by atoms with E-state index in [0.29, 0.717) is 5.57 Å². The Balaban J connectivity index is 2.06. The minimum absolute atomic E-state index is 0.681. The van der Waals surface area contributed by atoms with Gasteiger partial charge in [0.25, 0.3) is 0 Å². The molecule has 0 aliphatic rings. The lowest BCUT2D eigenvalue weighted by molar-refractivity contribution is 1.52. The van der Waals surface area contributed by atoms with Crippen LogP contribution >= 0.6 is 0 Å². The van der Waals surface area contributed by atoms with Crippen molar-refractivity contribution in [2.75, 3.05) is 0 Å². The second kappa shape index (κ2) is 5.42. The Morgan fingerprint density at radius 3 is 2.25 bits per heavy atom. The minimum atomic E-state index is 0.681. The van der Waals surface area contributed by atoms with E-state index in [-0.39, 0.29) is 0 Å². The van der Waals surface area contributed by atoms with Crippen molar-refractivity contribution in [1.82, 2.24) is 0 Å². The highest BCUT2D eigenvalue weighted by atomic mass is 14.2. The molecule has 0 radical (unpaired) electrons. The third-order valence-electron chi connectivity index (χ3n) is 3.29. The van der Waals surface area contributed by atoms with Crippen molar-refractivity contribution in [3.05, 3.63) is 83.9 Å². The van der Waals surface area contributed by atoms with Gasteiger partial charge < -0.3 is 0 Å². The van der Waals surface area contributed by atoms with Crippen LogP contribution in [0.3, 0.4) is 0 Å². The molecular formula is C19H13N. The van der Waals surface area contributed by atoms with E-state index in [9.17, 15) is 5.26 Å². The molecule has 0 aromatic heterocycles. The van der Waals surface area contributed by atoms with Gasteiger partial charge in [-0.05, 0) is 34.0 Å². The van der Waals surface area contributed by atoms with Crippen LogP contribution in [-0.4, -0.2) is 0 Å². The molecule has 0 saturated heterocycles. The van der Waals surface area contributed by atoms with Gasteiger partial charge in [-0.2, -0.15) is 5.26 Å². The maximum atomic E-state index is 9.34. The smallest absolute Gasteiger partial charge is 0.0998 e. The number of nitrogens with zero attached hydrogens (tertiary/aromatic N) is 1. The molecule has 0 bridgehead atoms. The fraction of sp³-hybridized carbons (Fsp3) is 0. The molecule has 0 amide bonds. The van der Waals surface area contributed by atoms with Crippen molar-refractivity contribution < 1.29 is 0 Å². The van der Waals surface area contributed by atoms with Crippen LogP contribution in [0.15, 0.2) is 72.8 Å². The van der Waals surface area contributed by atoms with Crippen LogP contribution in [0.4, 0.5) is 0 Å². The zero-order valence-electron chi connectivity index (χ0n) is 11.0. The monoisotopic (exact) mass is 255 g/mol. The van der Waals surface area contributed by atoms with Crippen molar-refractivity contribution in [3.63, 3.8) is 0 Å². The van der Waals surface area contributed by atoms with Gasteiger partial charge in [0.15, 0.2) is 0 Å². The number of fused-ring (bicyclic) bond motifs is 1. The van der Waals surface area contributed by atoms with Crippen molar-refractivity contribution >= 4 is 22.4 Å². The molecule has 0 unspecified atom stereocenters. The lowest BCUT2D eigenvalue weighted by atomic mass is 10.0. The Hall–Kier alpha value is -2.85. The van der Waals surface area contributed by atoms with Gasteiger partial charge in [0.2, 0.25) is 0 Å². The Morgan fingerprint density at radius 1 is 0.800 bits per heavy atom. The summed E-state index contributed by atoms with van der Waals surface area (Å²) in [4.78, 5) is 0. The molecule has 0 spiro atoms. The first kappa shape index (κ1) is 12.2. The van der Waals surface area contributed by atoms with Gasteiger partial charge in [-0.25, -0.2) is 0 Å². The van der Waals surface area contributed by atoms with Crippen LogP contribution in [0.1, 0.15) is 11.1 Å². The molecule has 20 heavy (non-hydrogen) atoms. The molecular weight excluding hydrogens is 242 g/mol. The Bertz CT molecular complexity index is 808. The maximum Gasteiger partial charge on any atom is 0.0998 e. The Labute approximate surface area is 118 Å². The van der Waals surface area contributed by atoms with Crippen LogP contribution in [0.2, 0.25) is 0 Å². The molecule has 0 fully saturated rings. The predicted octanol–water partition coefficient (Wildman–Crippen LogP) is 4.90. The number of rotatable bonds is 2. The average Bonchev–Trinajstić information content (AvgIpc) is 2.53. The number of nitriles is 1. The van der Waals surface area contributed by atoms with Crippen LogP contribution < -0.4 is 0 Å². The summed E-state index contributed by atoms with van der Waals surface area (Å²) in [5, 5.41) is 11.7. The molecule has 3 rings (SSSR count). The van der Waals surface area contributed by atoms with Crippen LogP contribution in [0.5, 0.6) is 0 Å². The molecule has 0 heterocycles. The van der Waals surface area contributed by atoms with Crippen LogP contribution in [-0.2, 0) is 0 Å². The van der Waals surface area contributed by atoms with Crippen molar-refractivity contribution in [2.45, 2.75) is 0 Å². The summed E-state index contributed by atoms with van der Waals surface area (Å²) in [5.41, 5.74) is 2.67. The Kier molecular flexibility index (Phi) is 3.31. The molecule has 1 heteroatoms. The first-order valence-corrected chi connectivity index (χ1v) is 6.53. The maximum absolute atomic E-state index is 9.34. The number of benzene rings is 3. The predicted molar refractivity (Wildman–Crippen MR) is 83.9 cm³/mol. The van der Waals surface area contributed by atoms with Gasteiger partial charge in [0.1, 0.15) is 0 Å². The van der Waals surface area contributed by atoms with E-state index in [1.165, 1.54) is 10.8 Å². The van der Waals surface area contributed by atoms with E-state index < -0.39 is 0 Å². The molecule has 0 aliphatic carbocycles. The molecule has 94 valence electrons. The van der Waals surface area contributed by atoms with Crippen LogP contribution in [0.25, 0.3) is 22.4 Å². The van der Waals surface area contributed by atoms with Gasteiger partial charge in [0, 0.05) is 0 Å². The molecule has 0 aliphatic heterocycles. The second-order valence-corrected chi connectivity index (χ2v) is 4.64. The molecule has 0 saturated carbocycles. The lowest BCUT2D eigenvalue weighted by Gasteiger charge is -2.02. The Morgan fingerprint density at radius 2 is 1.50 bits per heavy atom. The average molecular weight is 255 g/mol. The van der Waals surface area contributed by atoms with Gasteiger partial charge in [0.05, 0.1) is 11.6 Å². The van der Waals surface area contributed by atoms with E-state index >= 15 is 0 Å². The normalized spacial score (nSPS) is 11.2. The van der Waals surface area contributed by atoms with Crippen molar-refractivity contribution in [1.29, 1.82) is 5.26 Å². The molecule has 0 atom stereocenters. The third-order valence-corrected chi connectivity index (χ3v) is 3.29. The largest absolute Gasteiger partial charge is 0.192 e. The van der Waals surface area contributed by atoms with E-state index in [1.807, 2.05) is 54.6 Å². The SMILES string of the molecule is N#C/C(=C/c1ccc2ccccc2c1)c1ccccc1. The van der Waals surface area contributed by atoms with E-state index in [1.54, 1.807) is 0 Å². The van der Waals surface area contributed by atoms with E-state index in [2.05, 4.69) is 30.3 Å². The van der Waals surface area contributed by atoms with Gasteiger partial charge in [-0.1, -0.05) is 66.7 Å². The summed E-state index contributed by atoms with van der Waals surface area (Å²) >= 11 is 0. The number of hydrogen-bond donors (Lipinski definition) is 0. The summed E-state index contributed by atoms with van der Waals surface area (Å²) in [5.74, 6) is 0. The summed E-state index contributed by atoms with van der Waals surface area (Å²) in [6, 6.07) is 26.5. The van der Waals surface area contributed by atoms with Gasteiger partial charge in [-0.3, -0.25) is 0 Å². The summed E-state index contributed by atoms with van der Waals surface area (Å²) in [6.07, 6.45) is 1.93. The molecule has 0 N–H and O–H groups in total. The molecule has 1 nitrogen and oxygen atoms in total.